The van der Waals surface area contributed by atoms with Crippen LogP contribution >= 0.6 is 11.3 Å². The molecule has 0 saturated carbocycles. The van der Waals surface area contributed by atoms with E-state index in [2.05, 4.69) is 15.6 Å². The number of carbonyl (C=O) groups is 3. The number of rotatable bonds is 8. The van der Waals surface area contributed by atoms with Crippen LogP contribution in [0.5, 0.6) is 11.5 Å². The third-order valence-electron chi connectivity index (χ3n) is 4.66. The lowest BCUT2D eigenvalue weighted by atomic mass is 10.1. The summed E-state index contributed by atoms with van der Waals surface area (Å²) in [5, 5.41) is 7.65. The Morgan fingerprint density at radius 3 is 2.67 bits per heavy atom. The molecule has 1 aromatic carbocycles. The number of nitrogens with one attached hydrogen (secondary N) is 2. The molecule has 0 spiro atoms. The van der Waals surface area contributed by atoms with Crippen molar-refractivity contribution in [1.82, 2.24) is 15.2 Å². The van der Waals surface area contributed by atoms with Crippen LogP contribution in [0, 0.1) is 0 Å². The minimum absolute atomic E-state index is 0.162. The molecule has 1 saturated heterocycles. The van der Waals surface area contributed by atoms with Gasteiger partial charge in [-0.05, 0) is 38.5 Å². The largest absolute Gasteiger partial charge is 0.497 e. The van der Waals surface area contributed by atoms with Crippen LogP contribution in [0.2, 0.25) is 0 Å². The Morgan fingerprint density at radius 1 is 1.27 bits per heavy atom. The van der Waals surface area contributed by atoms with Crippen molar-refractivity contribution < 1.29 is 23.9 Å². The number of ether oxygens (including phenoxy) is 2. The first-order chi connectivity index (χ1) is 14.2. The summed E-state index contributed by atoms with van der Waals surface area (Å²) in [6.07, 6.45) is 0.526. The van der Waals surface area contributed by atoms with Gasteiger partial charge in [-0.25, -0.2) is 9.78 Å². The van der Waals surface area contributed by atoms with Crippen molar-refractivity contribution in [3.63, 3.8) is 0 Å². The molecule has 0 aliphatic carbocycles. The first-order valence-corrected chi connectivity index (χ1v) is 10.2. The molecule has 0 unspecified atom stereocenters. The van der Waals surface area contributed by atoms with Crippen LogP contribution < -0.4 is 20.1 Å². The van der Waals surface area contributed by atoms with Gasteiger partial charge >= 0.3 is 6.03 Å². The van der Waals surface area contributed by atoms with E-state index in [4.69, 9.17) is 9.47 Å². The second kappa shape index (κ2) is 8.70. The minimum Gasteiger partial charge on any atom is -0.497 e. The molecular weight excluding hydrogens is 408 g/mol. The molecule has 1 aromatic heterocycles. The van der Waals surface area contributed by atoms with Crippen molar-refractivity contribution in [2.45, 2.75) is 32.2 Å². The highest BCUT2D eigenvalue weighted by molar-refractivity contribution is 7.14. The number of methoxy groups -OCH3 is 2. The van der Waals surface area contributed by atoms with Gasteiger partial charge < -0.3 is 20.1 Å². The molecule has 0 atom stereocenters. The Kier molecular flexibility index (Phi) is 6.25. The average molecular weight is 433 g/mol. The summed E-state index contributed by atoms with van der Waals surface area (Å²) in [6.45, 7) is 3.49. The maximum Gasteiger partial charge on any atom is 0.325 e. The van der Waals surface area contributed by atoms with Gasteiger partial charge in [0.1, 0.15) is 17.0 Å². The van der Waals surface area contributed by atoms with Crippen molar-refractivity contribution in [2.24, 2.45) is 0 Å². The summed E-state index contributed by atoms with van der Waals surface area (Å²) in [5.74, 6) is 0.799. The van der Waals surface area contributed by atoms with Crippen LogP contribution in [0.4, 0.5) is 9.93 Å². The van der Waals surface area contributed by atoms with E-state index in [0.717, 1.165) is 10.5 Å². The van der Waals surface area contributed by atoms with Crippen LogP contribution in [0.1, 0.15) is 26.7 Å². The van der Waals surface area contributed by atoms with Gasteiger partial charge in [-0.1, -0.05) is 0 Å². The number of aromatic nitrogens is 1. The van der Waals surface area contributed by atoms with Gasteiger partial charge in [-0.2, -0.15) is 0 Å². The monoisotopic (exact) mass is 432 g/mol. The summed E-state index contributed by atoms with van der Waals surface area (Å²) < 4.78 is 10.6. The van der Waals surface area contributed by atoms with Crippen molar-refractivity contribution in [3.8, 4) is 22.8 Å². The number of thiazole rings is 1. The van der Waals surface area contributed by atoms with E-state index in [1.165, 1.54) is 11.3 Å². The van der Waals surface area contributed by atoms with Crippen LogP contribution in [0.25, 0.3) is 11.3 Å². The fourth-order valence-corrected chi connectivity index (χ4v) is 3.80. The number of amides is 4. The quantitative estimate of drug-likeness (QED) is 0.621. The molecule has 0 bridgehead atoms. The van der Waals surface area contributed by atoms with Crippen LogP contribution in [0.3, 0.4) is 0 Å². The van der Waals surface area contributed by atoms with Crippen molar-refractivity contribution >= 4 is 34.3 Å². The maximum absolute atomic E-state index is 12.3. The molecule has 0 radical (unpaired) electrons. The van der Waals surface area contributed by atoms with Gasteiger partial charge in [-0.15, -0.1) is 11.3 Å². The van der Waals surface area contributed by atoms with Crippen LogP contribution in [-0.2, 0) is 9.59 Å². The summed E-state index contributed by atoms with van der Waals surface area (Å²) in [5.41, 5.74) is 0.514. The Hall–Kier alpha value is -3.14. The summed E-state index contributed by atoms with van der Waals surface area (Å²) in [7, 11) is 3.16. The molecule has 4 amide bonds. The van der Waals surface area contributed by atoms with Gasteiger partial charge in [-0.3, -0.25) is 14.5 Å². The van der Waals surface area contributed by atoms with Crippen LogP contribution in [-0.4, -0.2) is 54.0 Å². The molecule has 160 valence electrons. The second-order valence-electron chi connectivity index (χ2n) is 7.27. The van der Waals surface area contributed by atoms with E-state index in [1.54, 1.807) is 40.2 Å². The number of anilines is 1. The van der Waals surface area contributed by atoms with Crippen LogP contribution in [0.15, 0.2) is 23.6 Å². The molecule has 2 heterocycles. The highest BCUT2D eigenvalue weighted by Crippen LogP contribution is 2.35. The number of nitrogens with zero attached hydrogens (tertiary/aromatic N) is 2. The molecule has 1 aliphatic rings. The number of imide groups is 1. The first kappa shape index (κ1) is 21.6. The zero-order chi connectivity index (χ0) is 21.9. The molecule has 10 heteroatoms. The fraction of sp³-hybridized carbons (Fsp3) is 0.400. The van der Waals surface area contributed by atoms with Gasteiger partial charge in [0.05, 0.1) is 19.9 Å². The molecule has 30 heavy (non-hydrogen) atoms. The fourth-order valence-electron chi connectivity index (χ4n) is 3.07. The Labute approximate surface area is 178 Å². The molecule has 2 N–H and O–H groups in total. The van der Waals surface area contributed by atoms with E-state index in [0.29, 0.717) is 28.7 Å². The molecule has 1 fully saturated rings. The normalized spacial score (nSPS) is 15.1. The lowest BCUT2D eigenvalue weighted by Gasteiger charge is -2.15. The van der Waals surface area contributed by atoms with Crippen molar-refractivity contribution in [2.75, 3.05) is 26.1 Å². The molecular formula is C20H24N4O5S. The van der Waals surface area contributed by atoms with Gasteiger partial charge in [0.15, 0.2) is 5.13 Å². The number of hydrogen-bond acceptors (Lipinski definition) is 7. The van der Waals surface area contributed by atoms with Crippen molar-refractivity contribution in [1.29, 1.82) is 0 Å². The van der Waals surface area contributed by atoms with E-state index in [1.807, 2.05) is 11.4 Å². The Bertz CT molecular complexity index is 972. The third-order valence-corrected chi connectivity index (χ3v) is 5.42. The number of carbonyl (C=O) groups excluding carboxylic acids is 3. The SMILES string of the molecule is COc1ccc(OC)c(-c2csc(NC(=O)CCCN3C(=O)NC(C)(C)C3=O)n2)c1. The van der Waals surface area contributed by atoms with E-state index >= 15 is 0 Å². The Balaban J connectivity index is 1.57. The molecule has 3 rings (SSSR count). The highest BCUT2D eigenvalue weighted by Gasteiger charge is 2.43. The first-order valence-electron chi connectivity index (χ1n) is 9.37. The Morgan fingerprint density at radius 2 is 2.03 bits per heavy atom. The van der Waals surface area contributed by atoms with Gasteiger partial charge in [0.2, 0.25) is 5.91 Å². The lowest BCUT2D eigenvalue weighted by molar-refractivity contribution is -0.130. The molecule has 1 aliphatic heterocycles. The molecule has 2 aromatic rings. The molecule has 9 nitrogen and oxygen atoms in total. The lowest BCUT2D eigenvalue weighted by Crippen LogP contribution is -2.40. The highest BCUT2D eigenvalue weighted by atomic mass is 32.1. The average Bonchev–Trinajstić information content (AvgIpc) is 3.24. The van der Waals surface area contributed by atoms with Crippen molar-refractivity contribution in [3.05, 3.63) is 23.6 Å². The summed E-state index contributed by atoms with van der Waals surface area (Å²) in [4.78, 5) is 41.9. The number of urea groups is 1. The minimum atomic E-state index is -0.905. The van der Waals surface area contributed by atoms with E-state index < -0.39 is 11.6 Å². The van der Waals surface area contributed by atoms with Gasteiger partial charge in [0, 0.05) is 23.9 Å². The summed E-state index contributed by atoms with van der Waals surface area (Å²) >= 11 is 1.30. The topological polar surface area (TPSA) is 110 Å². The zero-order valence-electron chi connectivity index (χ0n) is 17.3. The maximum atomic E-state index is 12.3. The predicted octanol–water partition coefficient (Wildman–Crippen LogP) is 2.88. The predicted molar refractivity (Wildman–Crippen MR) is 113 cm³/mol. The second-order valence-corrected chi connectivity index (χ2v) is 8.13. The zero-order valence-corrected chi connectivity index (χ0v) is 18.1. The van der Waals surface area contributed by atoms with E-state index in [9.17, 15) is 14.4 Å². The van der Waals surface area contributed by atoms with Gasteiger partial charge in [0.25, 0.3) is 5.91 Å². The third kappa shape index (κ3) is 4.54. The standard InChI is InChI=1S/C20H24N4O5S/c1-20(2)17(26)24(19(27)23-20)9-5-6-16(25)22-18-21-14(11-30-18)13-10-12(28-3)7-8-15(13)29-4/h7-8,10-11H,5-6,9H2,1-4H3,(H,23,27)(H,21,22,25). The smallest absolute Gasteiger partial charge is 0.325 e. The number of benzene rings is 1. The van der Waals surface area contributed by atoms with E-state index in [-0.39, 0.29) is 24.8 Å². The summed E-state index contributed by atoms with van der Waals surface area (Å²) in [6, 6.07) is 4.98. The number of hydrogen-bond donors (Lipinski definition) is 2.